The van der Waals surface area contributed by atoms with Crippen molar-refractivity contribution >= 4 is 18.3 Å². The fourth-order valence-corrected chi connectivity index (χ4v) is 3.75. The lowest BCUT2D eigenvalue weighted by atomic mass is 9.82. The van der Waals surface area contributed by atoms with Crippen LogP contribution >= 0.6 is 12.4 Å². The molecule has 1 saturated heterocycles. The first-order valence-corrected chi connectivity index (χ1v) is 7.68. The van der Waals surface area contributed by atoms with Crippen molar-refractivity contribution in [2.75, 3.05) is 19.6 Å². The summed E-state index contributed by atoms with van der Waals surface area (Å²) in [5.41, 5.74) is -0.358. The van der Waals surface area contributed by atoms with Gasteiger partial charge in [-0.05, 0) is 30.4 Å². The van der Waals surface area contributed by atoms with Crippen molar-refractivity contribution in [2.24, 2.45) is 5.92 Å². The third kappa shape index (κ3) is 2.72. The van der Waals surface area contributed by atoms with Crippen LogP contribution in [0, 0.1) is 5.92 Å². The average Bonchev–Trinajstić information content (AvgIpc) is 3.15. The number of carbonyl (C=O) groups excluding carboxylic acids is 1. The zero-order chi connectivity index (χ0) is 15.5. The van der Waals surface area contributed by atoms with Crippen molar-refractivity contribution in [1.29, 1.82) is 0 Å². The summed E-state index contributed by atoms with van der Waals surface area (Å²) >= 11 is 0. The number of nitrogens with one attached hydrogen (secondary N) is 1. The van der Waals surface area contributed by atoms with Gasteiger partial charge in [-0.1, -0.05) is 12.1 Å². The number of halogens is 4. The predicted molar refractivity (Wildman–Crippen MR) is 81.9 cm³/mol. The first kappa shape index (κ1) is 16.6. The largest absolute Gasteiger partial charge is 0.417 e. The molecule has 0 spiro atoms. The number of carbonyl (C=O) groups is 1. The Kier molecular flexibility index (Phi) is 4.09. The summed E-state index contributed by atoms with van der Waals surface area (Å²) in [4.78, 5) is 14.5. The van der Waals surface area contributed by atoms with E-state index in [2.05, 4.69) is 5.32 Å². The minimum atomic E-state index is -4.49. The van der Waals surface area contributed by atoms with Crippen molar-refractivity contribution in [1.82, 2.24) is 10.2 Å². The molecule has 0 radical (unpaired) electrons. The van der Waals surface area contributed by atoms with Gasteiger partial charge in [0.05, 0.1) is 17.2 Å². The maximum absolute atomic E-state index is 13.3. The Hall–Kier alpha value is -1.27. The summed E-state index contributed by atoms with van der Waals surface area (Å²) in [7, 11) is 0. The Morgan fingerprint density at radius 2 is 1.96 bits per heavy atom. The molecule has 1 aromatic carbocycles. The number of nitrogens with zero attached hydrogens (tertiary/aromatic N) is 1. The lowest BCUT2D eigenvalue weighted by Crippen LogP contribution is -2.49. The van der Waals surface area contributed by atoms with E-state index in [9.17, 15) is 18.0 Å². The molecule has 0 bridgehead atoms. The number of hydrogen-bond donors (Lipinski definition) is 1. The molecule has 2 aliphatic heterocycles. The number of benzene rings is 1. The summed E-state index contributed by atoms with van der Waals surface area (Å²) in [5, 5.41) is 3.23. The summed E-state index contributed by atoms with van der Waals surface area (Å²) in [6, 6.07) is 4.11. The van der Waals surface area contributed by atoms with Crippen LogP contribution in [-0.2, 0) is 6.18 Å². The quantitative estimate of drug-likeness (QED) is 0.892. The zero-order valence-electron chi connectivity index (χ0n) is 12.4. The highest BCUT2D eigenvalue weighted by Gasteiger charge is 2.47. The summed E-state index contributed by atoms with van der Waals surface area (Å²) in [5.74, 6) is -0.0154. The van der Waals surface area contributed by atoms with Crippen LogP contribution in [0.3, 0.4) is 0 Å². The van der Waals surface area contributed by atoms with Crippen molar-refractivity contribution in [2.45, 2.75) is 31.0 Å². The van der Waals surface area contributed by atoms with E-state index in [1.165, 1.54) is 6.07 Å². The molecular weight excluding hydrogens is 329 g/mol. The molecule has 7 heteroatoms. The Morgan fingerprint density at radius 3 is 2.61 bits per heavy atom. The van der Waals surface area contributed by atoms with Crippen LogP contribution in [-0.4, -0.2) is 36.5 Å². The molecule has 3 nitrogen and oxygen atoms in total. The van der Waals surface area contributed by atoms with Gasteiger partial charge in [-0.15, -0.1) is 12.4 Å². The third-order valence-electron chi connectivity index (χ3n) is 5.01. The second-order valence-electron chi connectivity index (χ2n) is 6.50. The van der Waals surface area contributed by atoms with E-state index in [0.29, 0.717) is 31.1 Å². The third-order valence-corrected chi connectivity index (χ3v) is 5.01. The number of hydrogen-bond acceptors (Lipinski definition) is 2. The maximum Gasteiger partial charge on any atom is 0.417 e. The van der Waals surface area contributed by atoms with Crippen molar-refractivity contribution < 1.29 is 18.0 Å². The van der Waals surface area contributed by atoms with E-state index in [1.807, 2.05) is 0 Å². The van der Waals surface area contributed by atoms with Gasteiger partial charge in [-0.3, -0.25) is 4.79 Å². The molecule has 2 fully saturated rings. The van der Waals surface area contributed by atoms with Gasteiger partial charge >= 0.3 is 6.18 Å². The smallest absolute Gasteiger partial charge is 0.333 e. The molecule has 1 aliphatic carbocycles. The molecule has 1 amide bonds. The van der Waals surface area contributed by atoms with Gasteiger partial charge < -0.3 is 10.2 Å². The van der Waals surface area contributed by atoms with Crippen molar-refractivity contribution in [3.63, 3.8) is 0 Å². The minimum Gasteiger partial charge on any atom is -0.333 e. The van der Waals surface area contributed by atoms with Gasteiger partial charge in [-0.2, -0.15) is 13.2 Å². The standard InChI is InChI=1S/C16H17F3N2O.ClH/c17-16(18,19)12-3-1-2-10-11-6-20-7-13(11)21(8-9-4-5-9)15(22)14(10)12;/h1-3,9,11,13,20H,4-8H2;1H. The monoisotopic (exact) mass is 346 g/mol. The fraction of sp³-hybridized carbons (Fsp3) is 0.562. The molecule has 1 aromatic rings. The molecule has 0 aromatic heterocycles. The van der Waals surface area contributed by atoms with Crippen LogP contribution in [0.2, 0.25) is 0 Å². The van der Waals surface area contributed by atoms with Gasteiger partial charge in [0.15, 0.2) is 0 Å². The van der Waals surface area contributed by atoms with Gasteiger partial charge in [0.1, 0.15) is 0 Å². The molecule has 126 valence electrons. The molecule has 1 saturated carbocycles. The Labute approximate surface area is 138 Å². The Morgan fingerprint density at radius 1 is 1.22 bits per heavy atom. The van der Waals surface area contributed by atoms with E-state index in [4.69, 9.17) is 0 Å². The SMILES string of the molecule is Cl.O=C1c2c(cccc2C(F)(F)F)C2CNCC2N1CC1CC1. The highest BCUT2D eigenvalue weighted by molar-refractivity contribution is 5.99. The summed E-state index contributed by atoms with van der Waals surface area (Å²) in [6.45, 7) is 1.89. The Bertz CT molecular complexity index is 630. The van der Waals surface area contributed by atoms with Crippen LogP contribution in [0.25, 0.3) is 0 Å². The summed E-state index contributed by atoms with van der Waals surface area (Å²) < 4.78 is 39.9. The number of amides is 1. The molecule has 3 aliphatic rings. The van der Waals surface area contributed by atoms with E-state index in [1.54, 1.807) is 11.0 Å². The van der Waals surface area contributed by atoms with Crippen LogP contribution in [0.4, 0.5) is 13.2 Å². The molecular formula is C16H18ClF3N2O. The zero-order valence-corrected chi connectivity index (χ0v) is 13.2. The van der Waals surface area contributed by atoms with Gasteiger partial charge in [0, 0.05) is 25.6 Å². The minimum absolute atomic E-state index is 0. The van der Waals surface area contributed by atoms with Crippen LogP contribution in [0.5, 0.6) is 0 Å². The first-order chi connectivity index (χ1) is 10.5. The molecule has 23 heavy (non-hydrogen) atoms. The van der Waals surface area contributed by atoms with E-state index >= 15 is 0 Å². The molecule has 1 N–H and O–H groups in total. The average molecular weight is 347 g/mol. The molecule has 4 rings (SSSR count). The van der Waals surface area contributed by atoms with Gasteiger partial charge in [0.2, 0.25) is 0 Å². The second kappa shape index (κ2) is 5.67. The van der Waals surface area contributed by atoms with Crippen LogP contribution in [0.1, 0.15) is 40.2 Å². The highest BCUT2D eigenvalue weighted by atomic mass is 35.5. The van der Waals surface area contributed by atoms with Crippen LogP contribution < -0.4 is 5.32 Å². The number of alkyl halides is 3. The Balaban J connectivity index is 0.00000156. The lowest BCUT2D eigenvalue weighted by Gasteiger charge is -2.39. The predicted octanol–water partition coefficient (Wildman–Crippen LogP) is 3.05. The molecule has 2 unspecified atom stereocenters. The topological polar surface area (TPSA) is 32.3 Å². The fourth-order valence-electron chi connectivity index (χ4n) is 3.75. The van der Waals surface area contributed by atoms with Crippen molar-refractivity contribution in [3.8, 4) is 0 Å². The first-order valence-electron chi connectivity index (χ1n) is 7.68. The number of fused-ring (bicyclic) bond motifs is 3. The summed E-state index contributed by atoms with van der Waals surface area (Å²) in [6.07, 6.45) is -2.35. The van der Waals surface area contributed by atoms with E-state index in [-0.39, 0.29) is 29.9 Å². The van der Waals surface area contributed by atoms with Gasteiger partial charge in [0.25, 0.3) is 5.91 Å². The second-order valence-corrected chi connectivity index (χ2v) is 6.50. The normalized spacial score (nSPS) is 26.6. The van der Waals surface area contributed by atoms with E-state index in [0.717, 1.165) is 18.9 Å². The van der Waals surface area contributed by atoms with Crippen molar-refractivity contribution in [3.05, 3.63) is 34.9 Å². The number of rotatable bonds is 2. The lowest BCUT2D eigenvalue weighted by molar-refractivity contribution is -0.138. The molecule has 2 heterocycles. The van der Waals surface area contributed by atoms with Crippen LogP contribution in [0.15, 0.2) is 18.2 Å². The highest BCUT2D eigenvalue weighted by Crippen LogP contribution is 2.43. The van der Waals surface area contributed by atoms with E-state index < -0.39 is 17.6 Å². The maximum atomic E-state index is 13.3. The molecule has 2 atom stereocenters. The van der Waals surface area contributed by atoms with Gasteiger partial charge in [-0.25, -0.2) is 0 Å².